The Balaban J connectivity index is 0.000000430. The lowest BCUT2D eigenvalue weighted by Gasteiger charge is -2.31. The Morgan fingerprint density at radius 1 is 0.912 bits per heavy atom. The van der Waals surface area contributed by atoms with Gasteiger partial charge in [0.25, 0.3) is 0 Å². The molecule has 3 atom stereocenters. The third kappa shape index (κ3) is 7.75. The molecule has 0 aliphatic heterocycles. The fourth-order valence-corrected chi connectivity index (χ4v) is 5.36. The monoisotopic (exact) mass is 462 g/mol. The molecule has 0 amide bonds. The van der Waals surface area contributed by atoms with Crippen LogP contribution < -0.4 is 0 Å². The third-order valence-electron chi connectivity index (χ3n) is 7.19. The number of hydrogen-bond donors (Lipinski definition) is 0. The first kappa shape index (κ1) is 27.7. The highest BCUT2D eigenvalue weighted by atomic mass is 16.1. The summed E-state index contributed by atoms with van der Waals surface area (Å²) in [5, 5.41) is 0. The van der Waals surface area contributed by atoms with Gasteiger partial charge >= 0.3 is 0 Å². The first-order valence-electron chi connectivity index (χ1n) is 12.8. The van der Waals surface area contributed by atoms with Gasteiger partial charge in [-0.25, -0.2) is 0 Å². The normalized spacial score (nSPS) is 16.6. The summed E-state index contributed by atoms with van der Waals surface area (Å²) < 4.78 is 0. The van der Waals surface area contributed by atoms with Crippen LogP contribution in [0.5, 0.6) is 0 Å². The molecule has 3 unspecified atom stereocenters. The van der Waals surface area contributed by atoms with Crippen LogP contribution in [0.15, 0.2) is 42.5 Å². The largest absolute Gasteiger partial charge is 0.300 e. The van der Waals surface area contributed by atoms with Gasteiger partial charge in [-0.15, -0.1) is 0 Å². The van der Waals surface area contributed by atoms with Crippen molar-refractivity contribution in [2.45, 2.75) is 86.5 Å². The van der Waals surface area contributed by atoms with Crippen LogP contribution in [0, 0.1) is 38.5 Å². The van der Waals surface area contributed by atoms with Gasteiger partial charge in [0.15, 0.2) is 5.78 Å². The standard InChI is InChI=1S/C23H32O3.C8H10/c1-5-8-18(20(6-2)21(25)11-16(4)24)12-17-13-19-10-7-9-15(3)23(19)22(26)14-17;1-7-5-3-4-6-8(7)2/h7,9-10,17-18,20H,5-6,8,11-14H2,1-4H3;3-6H,1-2H3. The molecule has 0 bridgehead atoms. The minimum absolute atomic E-state index is 0.0460. The van der Waals surface area contributed by atoms with Gasteiger partial charge in [0, 0.05) is 17.9 Å². The second-order valence-electron chi connectivity index (χ2n) is 10.0. The molecule has 0 saturated heterocycles. The lowest BCUT2D eigenvalue weighted by atomic mass is 9.72. The Kier molecular flexibility index (Phi) is 10.9. The predicted molar refractivity (Wildman–Crippen MR) is 140 cm³/mol. The van der Waals surface area contributed by atoms with Crippen molar-refractivity contribution >= 4 is 17.3 Å². The number of carbonyl (C=O) groups is 3. The van der Waals surface area contributed by atoms with Crippen molar-refractivity contribution < 1.29 is 14.4 Å². The van der Waals surface area contributed by atoms with E-state index in [1.54, 1.807) is 0 Å². The number of ketones is 3. The Labute approximate surface area is 206 Å². The van der Waals surface area contributed by atoms with Gasteiger partial charge in [-0.2, -0.15) is 0 Å². The van der Waals surface area contributed by atoms with E-state index in [0.717, 1.165) is 48.8 Å². The van der Waals surface area contributed by atoms with Gasteiger partial charge in [-0.1, -0.05) is 69.2 Å². The molecule has 0 aromatic heterocycles. The number of rotatable bonds is 9. The maximum Gasteiger partial charge on any atom is 0.163 e. The highest BCUT2D eigenvalue weighted by Gasteiger charge is 2.32. The van der Waals surface area contributed by atoms with Gasteiger partial charge in [0.2, 0.25) is 0 Å². The Morgan fingerprint density at radius 3 is 2.06 bits per heavy atom. The molecule has 3 heteroatoms. The number of fused-ring (bicyclic) bond motifs is 1. The second-order valence-corrected chi connectivity index (χ2v) is 10.0. The fraction of sp³-hybridized carbons (Fsp3) is 0.516. The smallest absolute Gasteiger partial charge is 0.163 e. The van der Waals surface area contributed by atoms with E-state index in [9.17, 15) is 14.4 Å². The van der Waals surface area contributed by atoms with Gasteiger partial charge in [-0.05, 0) is 81.0 Å². The van der Waals surface area contributed by atoms with Crippen LogP contribution in [0.3, 0.4) is 0 Å². The molecular weight excluding hydrogens is 420 g/mol. The Morgan fingerprint density at radius 2 is 1.53 bits per heavy atom. The molecule has 0 radical (unpaired) electrons. The van der Waals surface area contributed by atoms with E-state index in [1.165, 1.54) is 18.1 Å². The Hall–Kier alpha value is -2.55. The number of Topliss-reactive ketones (excluding diaryl/α,β-unsaturated/α-hetero) is 3. The second kappa shape index (κ2) is 13.4. The summed E-state index contributed by atoms with van der Waals surface area (Å²) >= 11 is 0. The molecule has 0 heterocycles. The average Bonchev–Trinajstić information content (AvgIpc) is 2.76. The zero-order valence-electron chi connectivity index (χ0n) is 21.9. The molecule has 1 aliphatic carbocycles. The van der Waals surface area contributed by atoms with Crippen molar-refractivity contribution in [2.75, 3.05) is 0 Å². The summed E-state index contributed by atoms with van der Waals surface area (Å²) in [5.41, 5.74) is 5.87. The maximum atomic E-state index is 12.7. The quantitative estimate of drug-likeness (QED) is 0.364. The summed E-state index contributed by atoms with van der Waals surface area (Å²) in [5.74, 6) is 0.770. The van der Waals surface area contributed by atoms with Gasteiger partial charge < -0.3 is 0 Å². The van der Waals surface area contributed by atoms with Crippen LogP contribution >= 0.6 is 0 Å². The summed E-state index contributed by atoms with van der Waals surface area (Å²) in [6.45, 7) is 11.9. The van der Waals surface area contributed by atoms with Crippen LogP contribution in [-0.4, -0.2) is 17.3 Å². The molecule has 3 nitrogen and oxygen atoms in total. The predicted octanol–water partition coefficient (Wildman–Crippen LogP) is 7.42. The van der Waals surface area contributed by atoms with E-state index in [-0.39, 0.29) is 35.6 Å². The topological polar surface area (TPSA) is 51.2 Å². The van der Waals surface area contributed by atoms with Crippen molar-refractivity contribution in [3.63, 3.8) is 0 Å². The average molecular weight is 463 g/mol. The highest BCUT2D eigenvalue weighted by molar-refractivity contribution is 6.00. The lowest BCUT2D eigenvalue weighted by molar-refractivity contribution is -0.129. The summed E-state index contributed by atoms with van der Waals surface area (Å²) in [7, 11) is 0. The number of benzene rings is 2. The van der Waals surface area contributed by atoms with E-state index >= 15 is 0 Å². The molecule has 34 heavy (non-hydrogen) atoms. The summed E-state index contributed by atoms with van der Waals surface area (Å²) in [6, 6.07) is 14.5. The van der Waals surface area contributed by atoms with Gasteiger partial charge in [0.05, 0.1) is 6.42 Å². The Bertz CT molecular complexity index is 967. The van der Waals surface area contributed by atoms with Crippen LogP contribution in [0.1, 0.15) is 91.9 Å². The molecule has 2 aromatic rings. The first-order valence-corrected chi connectivity index (χ1v) is 12.8. The molecule has 0 fully saturated rings. The number of aryl methyl sites for hydroxylation is 3. The number of hydrogen-bond acceptors (Lipinski definition) is 3. The van der Waals surface area contributed by atoms with Crippen LogP contribution in [0.25, 0.3) is 0 Å². The minimum atomic E-state index is -0.0622. The highest BCUT2D eigenvalue weighted by Crippen LogP contribution is 2.36. The molecule has 2 aromatic carbocycles. The number of carbonyl (C=O) groups excluding carboxylic acids is 3. The van der Waals surface area contributed by atoms with Crippen molar-refractivity contribution in [2.24, 2.45) is 17.8 Å². The van der Waals surface area contributed by atoms with Crippen LogP contribution in [0.4, 0.5) is 0 Å². The van der Waals surface area contributed by atoms with E-state index in [4.69, 9.17) is 0 Å². The fourth-order valence-electron chi connectivity index (χ4n) is 5.36. The molecular formula is C31H42O3. The minimum Gasteiger partial charge on any atom is -0.300 e. The van der Waals surface area contributed by atoms with E-state index in [2.05, 4.69) is 51.1 Å². The zero-order chi connectivity index (χ0) is 25.3. The molecule has 0 N–H and O–H groups in total. The molecule has 1 aliphatic rings. The molecule has 0 spiro atoms. The zero-order valence-corrected chi connectivity index (χ0v) is 21.9. The van der Waals surface area contributed by atoms with Crippen LogP contribution in [0.2, 0.25) is 0 Å². The third-order valence-corrected chi connectivity index (χ3v) is 7.19. The van der Waals surface area contributed by atoms with Crippen LogP contribution in [-0.2, 0) is 16.0 Å². The van der Waals surface area contributed by atoms with Crippen molar-refractivity contribution in [1.82, 2.24) is 0 Å². The van der Waals surface area contributed by atoms with Gasteiger partial charge in [0.1, 0.15) is 11.6 Å². The first-order chi connectivity index (χ1) is 16.2. The SMILES string of the molecule is CCCC(CC1CC(=O)c2c(C)cccc2C1)C(CC)C(=O)CC(C)=O.Cc1ccccc1C. The molecule has 3 rings (SSSR count). The lowest BCUT2D eigenvalue weighted by Crippen LogP contribution is -2.29. The molecule has 0 saturated carbocycles. The van der Waals surface area contributed by atoms with E-state index in [1.807, 2.05) is 26.0 Å². The van der Waals surface area contributed by atoms with E-state index < -0.39 is 0 Å². The van der Waals surface area contributed by atoms with E-state index in [0.29, 0.717) is 12.3 Å². The summed E-state index contributed by atoms with van der Waals surface area (Å²) in [4.78, 5) is 36.6. The summed E-state index contributed by atoms with van der Waals surface area (Å²) in [6.07, 6.45) is 5.21. The van der Waals surface area contributed by atoms with Crippen molar-refractivity contribution in [1.29, 1.82) is 0 Å². The maximum absolute atomic E-state index is 12.7. The molecule has 184 valence electrons. The van der Waals surface area contributed by atoms with Crippen molar-refractivity contribution in [3.8, 4) is 0 Å². The van der Waals surface area contributed by atoms with Crippen molar-refractivity contribution in [3.05, 3.63) is 70.3 Å². The van der Waals surface area contributed by atoms with Gasteiger partial charge in [-0.3, -0.25) is 14.4 Å².